The van der Waals surface area contributed by atoms with E-state index < -0.39 is 110 Å². The molecule has 0 N–H and O–H groups in total. The van der Waals surface area contributed by atoms with Crippen LogP contribution in [-0.2, 0) is 23.3 Å². The van der Waals surface area contributed by atoms with Gasteiger partial charge >= 0.3 is 57.1 Å². The molecular weight excluding hydrogens is 659 g/mol. The van der Waals surface area contributed by atoms with Crippen LogP contribution in [0.2, 0.25) is 0 Å². The third-order valence-electron chi connectivity index (χ3n) is 5.26. The molecule has 0 aromatic carbocycles. The third kappa shape index (κ3) is 5.33. The van der Waals surface area contributed by atoms with Crippen molar-refractivity contribution >= 4 is 26.2 Å². The van der Waals surface area contributed by atoms with Gasteiger partial charge in [-0.05, 0) is 0 Å². The van der Waals surface area contributed by atoms with Crippen molar-refractivity contribution in [1.82, 2.24) is 0 Å². The zero-order valence-electron chi connectivity index (χ0n) is 19.0. The van der Waals surface area contributed by atoms with E-state index >= 15 is 0 Å². The van der Waals surface area contributed by atoms with E-state index in [1.54, 1.807) is 0 Å². The predicted octanol–water partition coefficient (Wildman–Crippen LogP) is 6.03. The Morgan fingerprint density at radius 1 is 0.675 bits per heavy atom. The summed E-state index contributed by atoms with van der Waals surface area (Å²) in [5, 5.41) is -7.78. The molecule has 0 atom stereocenters. The van der Waals surface area contributed by atoms with Crippen LogP contribution in [0.15, 0.2) is 0 Å². The molecular formula is C16H15F17O5S2. The van der Waals surface area contributed by atoms with E-state index in [4.69, 9.17) is 4.74 Å². The Morgan fingerprint density at radius 3 is 1.38 bits per heavy atom. The third-order valence-corrected chi connectivity index (χ3v) is 10.7. The standard InChI is InChI=1S/C16H15F17O5S2/c1-2-8(34)7-39(5-3-37-4-6-39)38-40(35,36)16(32,33)14(27,28)12(23,24)10(19,20)9(17,18)11(21,22)13(25,26)15(29,30)31/h2-7H2,1H3. The molecule has 0 aliphatic carbocycles. The Bertz CT molecular complexity index is 1050. The predicted molar refractivity (Wildman–Crippen MR) is 99.0 cm³/mol. The number of ether oxygens (including phenoxy) is 1. The topological polar surface area (TPSA) is 69.7 Å². The van der Waals surface area contributed by atoms with Gasteiger partial charge in [0.2, 0.25) is 0 Å². The first kappa shape index (κ1) is 36.7. The van der Waals surface area contributed by atoms with Crippen LogP contribution in [0.1, 0.15) is 13.3 Å². The van der Waals surface area contributed by atoms with E-state index in [2.05, 4.69) is 3.63 Å². The van der Waals surface area contributed by atoms with Crippen molar-refractivity contribution in [2.75, 3.05) is 30.5 Å². The van der Waals surface area contributed by atoms with Gasteiger partial charge in [0.1, 0.15) is 5.78 Å². The minimum Gasteiger partial charge on any atom is -0.380 e. The van der Waals surface area contributed by atoms with Crippen molar-refractivity contribution in [2.24, 2.45) is 0 Å². The van der Waals surface area contributed by atoms with Crippen molar-refractivity contribution in [1.29, 1.82) is 0 Å². The summed E-state index contributed by atoms with van der Waals surface area (Å²) in [6, 6.07) is 0. The maximum absolute atomic E-state index is 14.3. The summed E-state index contributed by atoms with van der Waals surface area (Å²) in [4.78, 5) is 11.7. The molecule has 1 aliphatic heterocycles. The molecule has 240 valence electrons. The molecule has 0 spiro atoms. The first-order chi connectivity index (χ1) is 17.4. The number of alkyl halides is 17. The van der Waals surface area contributed by atoms with E-state index in [1.165, 1.54) is 0 Å². The van der Waals surface area contributed by atoms with Gasteiger partial charge in [-0.2, -0.15) is 83.1 Å². The lowest BCUT2D eigenvalue weighted by molar-refractivity contribution is -0.458. The molecule has 0 unspecified atom stereocenters. The van der Waals surface area contributed by atoms with Crippen LogP contribution in [-0.4, -0.2) is 91.6 Å². The molecule has 0 bridgehead atoms. The number of hydrogen-bond acceptors (Lipinski definition) is 5. The van der Waals surface area contributed by atoms with Gasteiger partial charge in [0.15, 0.2) is 0 Å². The van der Waals surface area contributed by atoms with Crippen LogP contribution in [0.25, 0.3) is 0 Å². The normalized spacial score (nSPS) is 19.9. The first-order valence-corrected chi connectivity index (χ1v) is 13.4. The smallest absolute Gasteiger partial charge is 0.380 e. The molecule has 1 rings (SSSR count). The average molecular weight is 674 g/mol. The van der Waals surface area contributed by atoms with Gasteiger partial charge in [-0.25, -0.2) is 3.63 Å². The maximum atomic E-state index is 14.3. The molecule has 1 saturated heterocycles. The quantitative estimate of drug-likeness (QED) is 0.237. The summed E-state index contributed by atoms with van der Waals surface area (Å²) >= 11 is 0. The Morgan fingerprint density at radius 2 is 1.02 bits per heavy atom. The summed E-state index contributed by atoms with van der Waals surface area (Å²) in [6.45, 7) is -0.119. The second-order valence-corrected chi connectivity index (χ2v) is 13.0. The Kier molecular flexibility index (Phi) is 9.60. The SMILES string of the molecule is CCC(=O)CS1(OS(=O)(=O)C(F)(F)C(F)(F)C(F)(F)C(F)(F)C(F)(F)C(F)(F)C(F)(F)C(F)(F)F)CCOCC1. The summed E-state index contributed by atoms with van der Waals surface area (Å²) in [5.41, 5.74) is 0. The summed E-state index contributed by atoms with van der Waals surface area (Å²) in [5.74, 6) is -56.0. The summed E-state index contributed by atoms with van der Waals surface area (Å²) in [6.07, 6.45) is -8.38. The van der Waals surface area contributed by atoms with Gasteiger partial charge in [0, 0.05) is 17.9 Å². The average Bonchev–Trinajstić information content (AvgIpc) is 2.77. The highest BCUT2D eigenvalue weighted by atomic mass is 32.3. The van der Waals surface area contributed by atoms with E-state index in [0.717, 1.165) is 6.92 Å². The molecule has 0 amide bonds. The minimum atomic E-state index is -8.93. The molecule has 0 aromatic rings. The lowest BCUT2D eigenvalue weighted by Crippen LogP contribution is -2.75. The van der Waals surface area contributed by atoms with Crippen LogP contribution in [0, 0.1) is 0 Å². The zero-order valence-corrected chi connectivity index (χ0v) is 20.7. The molecule has 1 aliphatic rings. The molecule has 40 heavy (non-hydrogen) atoms. The van der Waals surface area contributed by atoms with Crippen molar-refractivity contribution in [3.05, 3.63) is 0 Å². The number of halogens is 17. The van der Waals surface area contributed by atoms with Crippen molar-refractivity contribution in [2.45, 2.75) is 60.3 Å². The molecule has 5 nitrogen and oxygen atoms in total. The van der Waals surface area contributed by atoms with E-state index in [0.29, 0.717) is 0 Å². The minimum absolute atomic E-state index is 0.471. The van der Waals surface area contributed by atoms with Gasteiger partial charge in [-0.15, -0.1) is 10.3 Å². The first-order valence-electron chi connectivity index (χ1n) is 9.90. The molecule has 1 fully saturated rings. The van der Waals surface area contributed by atoms with Crippen LogP contribution in [0.3, 0.4) is 0 Å². The second kappa shape index (κ2) is 10.5. The van der Waals surface area contributed by atoms with Crippen LogP contribution in [0.5, 0.6) is 0 Å². The Balaban J connectivity index is 3.70. The molecule has 0 aromatic heterocycles. The second-order valence-electron chi connectivity index (χ2n) is 8.01. The highest BCUT2D eigenvalue weighted by molar-refractivity contribution is 8.33. The number of carbonyl (C=O) groups is 1. The number of carbonyl (C=O) groups excluding carboxylic acids is 1. The van der Waals surface area contributed by atoms with Crippen LogP contribution in [0.4, 0.5) is 74.6 Å². The zero-order chi connectivity index (χ0) is 32.2. The van der Waals surface area contributed by atoms with Crippen LogP contribution >= 0.6 is 10.3 Å². The highest BCUT2D eigenvalue weighted by Gasteiger charge is 2.96. The molecule has 0 radical (unpaired) electrons. The van der Waals surface area contributed by atoms with E-state index in [9.17, 15) is 87.8 Å². The van der Waals surface area contributed by atoms with E-state index in [-0.39, 0.29) is 0 Å². The lowest BCUT2D eigenvalue weighted by atomic mass is 9.91. The number of ketones is 1. The highest BCUT2D eigenvalue weighted by Crippen LogP contribution is 2.65. The van der Waals surface area contributed by atoms with Gasteiger partial charge in [-0.1, -0.05) is 6.92 Å². The van der Waals surface area contributed by atoms with Gasteiger partial charge in [0.25, 0.3) is 0 Å². The molecule has 24 heteroatoms. The number of Topliss-reactive ketones (excluding diaryl/α,β-unsaturated/α-hetero) is 1. The fourth-order valence-corrected chi connectivity index (χ4v) is 7.96. The maximum Gasteiger partial charge on any atom is 0.460 e. The van der Waals surface area contributed by atoms with E-state index in [1.807, 2.05) is 0 Å². The van der Waals surface area contributed by atoms with Crippen LogP contribution < -0.4 is 0 Å². The van der Waals surface area contributed by atoms with Gasteiger partial charge in [-0.3, -0.25) is 4.79 Å². The fraction of sp³-hybridized carbons (Fsp3) is 0.938. The fourth-order valence-electron chi connectivity index (χ4n) is 2.80. The van der Waals surface area contributed by atoms with Crippen molar-refractivity contribution < 1.29 is 96.2 Å². The molecule has 0 saturated carbocycles. The summed E-state index contributed by atoms with van der Waals surface area (Å²) in [7, 11) is -11.6. The Labute approximate surface area is 214 Å². The number of rotatable bonds is 12. The summed E-state index contributed by atoms with van der Waals surface area (Å²) < 4.78 is 261. The number of hydrogen-bond donors (Lipinski definition) is 0. The molecule has 1 heterocycles. The lowest BCUT2D eigenvalue weighted by Gasteiger charge is -2.44. The monoisotopic (exact) mass is 674 g/mol. The largest absolute Gasteiger partial charge is 0.460 e. The van der Waals surface area contributed by atoms with Crippen molar-refractivity contribution in [3.8, 4) is 0 Å². The van der Waals surface area contributed by atoms with Gasteiger partial charge < -0.3 is 4.74 Å². The Hall–Kier alpha value is -1.30. The van der Waals surface area contributed by atoms with Gasteiger partial charge in [0.05, 0.1) is 19.0 Å². The van der Waals surface area contributed by atoms with Crippen molar-refractivity contribution in [3.63, 3.8) is 0 Å².